The second kappa shape index (κ2) is 3.10. The van der Waals surface area contributed by atoms with E-state index >= 15 is 0 Å². The largest absolute Gasteiger partial charge is 0.397 e. The lowest BCUT2D eigenvalue weighted by Gasteiger charge is -1.97. The van der Waals surface area contributed by atoms with Crippen molar-refractivity contribution in [2.75, 3.05) is 5.73 Å². The van der Waals surface area contributed by atoms with Gasteiger partial charge in [-0.2, -0.15) is 0 Å². The molecule has 1 rings (SSSR count). The maximum atomic E-state index is 5.67. The van der Waals surface area contributed by atoms with Crippen LogP contribution in [0.2, 0.25) is 0 Å². The number of rotatable bonds is 2. The quantitative estimate of drug-likeness (QED) is 0.620. The van der Waals surface area contributed by atoms with Crippen LogP contribution in [0, 0.1) is 0 Å². The van der Waals surface area contributed by atoms with E-state index in [0.29, 0.717) is 0 Å². The van der Waals surface area contributed by atoms with E-state index in [1.165, 1.54) is 0 Å². The van der Waals surface area contributed by atoms with Crippen molar-refractivity contribution in [3.8, 4) is 0 Å². The Morgan fingerprint density at radius 1 is 1.73 bits per heavy atom. The normalized spacial score (nSPS) is 11.5. The van der Waals surface area contributed by atoms with Gasteiger partial charge < -0.3 is 10.7 Å². The molecule has 11 heavy (non-hydrogen) atoms. The summed E-state index contributed by atoms with van der Waals surface area (Å²) in [4.78, 5) is 3.05. The summed E-state index contributed by atoms with van der Waals surface area (Å²) in [5.74, 6) is 0. The lowest BCUT2D eigenvalue weighted by Crippen LogP contribution is -1.87. The molecule has 1 aromatic rings. The molecule has 0 aliphatic rings. The van der Waals surface area contributed by atoms with Gasteiger partial charge in [-0.1, -0.05) is 18.7 Å². The monoisotopic (exact) mass is 148 g/mol. The highest BCUT2D eigenvalue weighted by Crippen LogP contribution is 2.18. The van der Waals surface area contributed by atoms with E-state index in [4.69, 9.17) is 5.73 Å². The molecular formula is C9H12N2. The van der Waals surface area contributed by atoms with Crippen molar-refractivity contribution in [1.29, 1.82) is 0 Å². The highest BCUT2D eigenvalue weighted by atomic mass is 14.7. The SMILES string of the molecule is C=C/C=C(/C)c1[nH]ccc1N. The molecule has 58 valence electrons. The predicted octanol–water partition coefficient (Wildman–Crippen LogP) is 2.19. The molecule has 0 aliphatic carbocycles. The van der Waals surface area contributed by atoms with Crippen molar-refractivity contribution in [2.24, 2.45) is 0 Å². The molecule has 2 nitrogen and oxygen atoms in total. The van der Waals surface area contributed by atoms with Gasteiger partial charge in [0.1, 0.15) is 0 Å². The average Bonchev–Trinajstić information content (AvgIpc) is 2.36. The molecule has 0 atom stereocenters. The minimum absolute atomic E-state index is 0.778. The third-order valence-corrected chi connectivity index (χ3v) is 1.54. The van der Waals surface area contributed by atoms with Gasteiger partial charge in [0.25, 0.3) is 0 Å². The third kappa shape index (κ3) is 1.52. The third-order valence-electron chi connectivity index (χ3n) is 1.54. The van der Waals surface area contributed by atoms with Crippen LogP contribution in [-0.2, 0) is 0 Å². The van der Waals surface area contributed by atoms with Crippen molar-refractivity contribution < 1.29 is 0 Å². The van der Waals surface area contributed by atoms with Gasteiger partial charge in [0.2, 0.25) is 0 Å². The molecule has 0 spiro atoms. The number of hydrogen-bond donors (Lipinski definition) is 2. The average molecular weight is 148 g/mol. The molecule has 2 heteroatoms. The van der Waals surface area contributed by atoms with Crippen LogP contribution in [0.15, 0.2) is 31.0 Å². The lowest BCUT2D eigenvalue weighted by atomic mass is 10.2. The van der Waals surface area contributed by atoms with Crippen LogP contribution >= 0.6 is 0 Å². The van der Waals surface area contributed by atoms with Crippen molar-refractivity contribution in [3.63, 3.8) is 0 Å². The highest BCUT2D eigenvalue weighted by molar-refractivity contribution is 5.71. The first-order valence-corrected chi connectivity index (χ1v) is 3.48. The molecule has 0 saturated heterocycles. The Morgan fingerprint density at radius 2 is 2.45 bits per heavy atom. The van der Waals surface area contributed by atoms with Crippen LogP contribution < -0.4 is 5.73 Å². The topological polar surface area (TPSA) is 41.8 Å². The van der Waals surface area contributed by atoms with Gasteiger partial charge in [-0.25, -0.2) is 0 Å². The smallest absolute Gasteiger partial charge is 0.0643 e. The Morgan fingerprint density at radius 3 is 2.91 bits per heavy atom. The minimum atomic E-state index is 0.778. The lowest BCUT2D eigenvalue weighted by molar-refractivity contribution is 1.34. The maximum absolute atomic E-state index is 5.67. The van der Waals surface area contributed by atoms with Crippen molar-refractivity contribution in [2.45, 2.75) is 6.92 Å². The Bertz CT molecular complexity index is 282. The number of aromatic amines is 1. The van der Waals surface area contributed by atoms with E-state index in [9.17, 15) is 0 Å². The highest BCUT2D eigenvalue weighted by Gasteiger charge is 1.99. The van der Waals surface area contributed by atoms with Gasteiger partial charge in [-0.3, -0.25) is 0 Å². The number of H-pyrrole nitrogens is 1. The summed E-state index contributed by atoms with van der Waals surface area (Å²) < 4.78 is 0. The summed E-state index contributed by atoms with van der Waals surface area (Å²) in [6.07, 6.45) is 5.49. The maximum Gasteiger partial charge on any atom is 0.0643 e. The number of allylic oxidation sites excluding steroid dienone is 3. The van der Waals surface area contributed by atoms with Crippen molar-refractivity contribution in [3.05, 3.63) is 36.7 Å². The summed E-state index contributed by atoms with van der Waals surface area (Å²) in [7, 11) is 0. The van der Waals surface area contributed by atoms with Crippen LogP contribution in [0.25, 0.3) is 5.57 Å². The first-order chi connectivity index (χ1) is 5.25. The number of hydrogen-bond acceptors (Lipinski definition) is 1. The summed E-state index contributed by atoms with van der Waals surface area (Å²) in [5, 5.41) is 0. The van der Waals surface area contributed by atoms with E-state index in [1.807, 2.05) is 25.3 Å². The van der Waals surface area contributed by atoms with Gasteiger partial charge in [-0.15, -0.1) is 0 Å². The van der Waals surface area contributed by atoms with Crippen LogP contribution in [0.5, 0.6) is 0 Å². The molecule has 0 aromatic carbocycles. The van der Waals surface area contributed by atoms with E-state index < -0.39 is 0 Å². The van der Waals surface area contributed by atoms with E-state index in [0.717, 1.165) is 17.0 Å². The number of nitrogens with two attached hydrogens (primary N) is 1. The van der Waals surface area contributed by atoms with Gasteiger partial charge in [0, 0.05) is 6.20 Å². The first kappa shape index (κ1) is 7.66. The first-order valence-electron chi connectivity index (χ1n) is 3.48. The molecule has 0 radical (unpaired) electrons. The summed E-state index contributed by atoms with van der Waals surface area (Å²) >= 11 is 0. The molecule has 0 unspecified atom stereocenters. The number of nitrogens with one attached hydrogen (secondary N) is 1. The number of anilines is 1. The summed E-state index contributed by atoms with van der Waals surface area (Å²) in [6.45, 7) is 5.60. The van der Waals surface area contributed by atoms with Gasteiger partial charge in [-0.05, 0) is 18.6 Å². The zero-order chi connectivity index (χ0) is 8.27. The Kier molecular flexibility index (Phi) is 2.16. The summed E-state index contributed by atoms with van der Waals surface area (Å²) in [5.41, 5.74) is 8.52. The fourth-order valence-electron chi connectivity index (χ4n) is 0.983. The summed E-state index contributed by atoms with van der Waals surface area (Å²) in [6, 6.07) is 1.84. The van der Waals surface area contributed by atoms with E-state index in [1.54, 1.807) is 6.08 Å². The molecule has 3 N–H and O–H groups in total. The Hall–Kier alpha value is -1.44. The molecule has 1 aromatic heterocycles. The molecule has 0 aliphatic heterocycles. The molecule has 0 bridgehead atoms. The van der Waals surface area contributed by atoms with Gasteiger partial charge in [0.15, 0.2) is 0 Å². The van der Waals surface area contributed by atoms with Crippen LogP contribution in [0.1, 0.15) is 12.6 Å². The second-order valence-electron chi connectivity index (χ2n) is 2.39. The molecule has 0 saturated carbocycles. The van der Waals surface area contributed by atoms with E-state index in [2.05, 4.69) is 11.6 Å². The predicted molar refractivity (Wildman–Crippen MR) is 49.1 cm³/mol. The Balaban J connectivity index is 3.01. The van der Waals surface area contributed by atoms with Gasteiger partial charge >= 0.3 is 0 Å². The molecular weight excluding hydrogens is 136 g/mol. The second-order valence-corrected chi connectivity index (χ2v) is 2.39. The fourth-order valence-corrected chi connectivity index (χ4v) is 0.983. The van der Waals surface area contributed by atoms with Crippen molar-refractivity contribution >= 4 is 11.3 Å². The standard InChI is InChI=1S/C9H12N2/c1-3-4-7(2)9-8(10)5-6-11-9/h3-6,11H,1,10H2,2H3/b7-4-. The Labute approximate surface area is 66.4 Å². The molecule has 0 fully saturated rings. The molecule has 1 heterocycles. The number of aromatic nitrogens is 1. The van der Waals surface area contributed by atoms with Crippen LogP contribution in [0.4, 0.5) is 5.69 Å². The van der Waals surface area contributed by atoms with Crippen LogP contribution in [-0.4, -0.2) is 4.98 Å². The van der Waals surface area contributed by atoms with Crippen molar-refractivity contribution in [1.82, 2.24) is 4.98 Å². The van der Waals surface area contributed by atoms with Crippen LogP contribution in [0.3, 0.4) is 0 Å². The molecule has 0 amide bonds. The fraction of sp³-hybridized carbons (Fsp3) is 0.111. The number of nitrogen functional groups attached to an aromatic ring is 1. The zero-order valence-electron chi connectivity index (χ0n) is 6.59. The van der Waals surface area contributed by atoms with Gasteiger partial charge in [0.05, 0.1) is 11.4 Å². The zero-order valence-corrected chi connectivity index (χ0v) is 6.59. The minimum Gasteiger partial charge on any atom is -0.397 e. The van der Waals surface area contributed by atoms with E-state index in [-0.39, 0.29) is 0 Å².